The minimum atomic E-state index is 0.132. The van der Waals surface area contributed by atoms with Gasteiger partial charge >= 0.3 is 0 Å². The van der Waals surface area contributed by atoms with E-state index in [-0.39, 0.29) is 5.75 Å². The van der Waals surface area contributed by atoms with E-state index in [4.69, 9.17) is 5.84 Å². The standard InChI is InChI=1S/C17H21N5O/c1-12-19-14(11-16(20-12)22-9-5-2-6-10-22)17(21-18)13-7-3-4-8-15(13)23/h3-4,7-8,11,23H,2,5-6,9-10,18H2,1H3/b21-17+. The van der Waals surface area contributed by atoms with E-state index >= 15 is 0 Å². The molecule has 1 aromatic heterocycles. The lowest BCUT2D eigenvalue weighted by atomic mass is 10.1. The molecule has 1 aliphatic heterocycles. The van der Waals surface area contributed by atoms with E-state index in [1.165, 1.54) is 19.3 Å². The molecule has 120 valence electrons. The first-order chi connectivity index (χ1) is 11.2. The van der Waals surface area contributed by atoms with Crippen LogP contribution in [0.15, 0.2) is 35.4 Å². The monoisotopic (exact) mass is 311 g/mol. The SMILES string of the molecule is Cc1nc(/C(=N/N)c2ccccc2O)cc(N2CCCCC2)n1. The third kappa shape index (κ3) is 3.26. The third-order valence-electron chi connectivity index (χ3n) is 4.04. The van der Waals surface area contributed by atoms with E-state index in [1.54, 1.807) is 18.2 Å². The first kappa shape index (κ1) is 15.3. The Bertz CT molecular complexity index is 723. The second-order valence-corrected chi connectivity index (χ2v) is 5.70. The van der Waals surface area contributed by atoms with Crippen molar-refractivity contribution in [2.75, 3.05) is 18.0 Å². The van der Waals surface area contributed by atoms with Gasteiger partial charge in [0.2, 0.25) is 0 Å². The topological polar surface area (TPSA) is 87.6 Å². The number of aryl methyl sites for hydroxylation is 1. The molecule has 3 rings (SSSR count). The van der Waals surface area contributed by atoms with E-state index in [1.807, 2.05) is 19.1 Å². The van der Waals surface area contributed by atoms with E-state index in [0.29, 0.717) is 22.8 Å². The minimum Gasteiger partial charge on any atom is -0.507 e. The Labute approximate surface area is 135 Å². The van der Waals surface area contributed by atoms with Crippen molar-refractivity contribution in [3.63, 3.8) is 0 Å². The summed E-state index contributed by atoms with van der Waals surface area (Å²) >= 11 is 0. The van der Waals surface area contributed by atoms with Gasteiger partial charge in [0, 0.05) is 24.7 Å². The van der Waals surface area contributed by atoms with Gasteiger partial charge in [0.15, 0.2) is 0 Å². The molecule has 0 saturated carbocycles. The molecule has 6 heteroatoms. The van der Waals surface area contributed by atoms with Crippen LogP contribution in [0.2, 0.25) is 0 Å². The van der Waals surface area contributed by atoms with Crippen molar-refractivity contribution >= 4 is 11.5 Å². The van der Waals surface area contributed by atoms with Crippen molar-refractivity contribution in [2.24, 2.45) is 10.9 Å². The number of aromatic hydroxyl groups is 1. The number of hydrazone groups is 1. The van der Waals surface area contributed by atoms with Crippen LogP contribution in [0.3, 0.4) is 0 Å². The first-order valence-electron chi connectivity index (χ1n) is 7.86. The molecule has 6 nitrogen and oxygen atoms in total. The normalized spacial score (nSPS) is 15.7. The van der Waals surface area contributed by atoms with Crippen LogP contribution < -0.4 is 10.7 Å². The molecule has 0 spiro atoms. The number of benzene rings is 1. The number of phenolic OH excluding ortho intramolecular Hbond substituents is 1. The fourth-order valence-corrected chi connectivity index (χ4v) is 2.91. The van der Waals surface area contributed by atoms with Crippen molar-refractivity contribution in [2.45, 2.75) is 26.2 Å². The number of hydrogen-bond acceptors (Lipinski definition) is 6. The van der Waals surface area contributed by atoms with Crippen LogP contribution in [0.4, 0.5) is 5.82 Å². The zero-order valence-corrected chi connectivity index (χ0v) is 13.2. The molecule has 3 N–H and O–H groups in total. The molecule has 1 aromatic carbocycles. The maximum atomic E-state index is 10.1. The van der Waals surface area contributed by atoms with Gasteiger partial charge in [-0.1, -0.05) is 12.1 Å². The van der Waals surface area contributed by atoms with Crippen LogP contribution in [-0.2, 0) is 0 Å². The van der Waals surface area contributed by atoms with Gasteiger partial charge in [-0.15, -0.1) is 0 Å². The van der Waals surface area contributed by atoms with Crippen molar-refractivity contribution in [1.29, 1.82) is 0 Å². The molecule has 0 aliphatic carbocycles. The van der Waals surface area contributed by atoms with Crippen LogP contribution in [0.5, 0.6) is 5.75 Å². The molecule has 1 saturated heterocycles. The number of anilines is 1. The molecule has 0 atom stereocenters. The summed E-state index contributed by atoms with van der Waals surface area (Å²) in [4.78, 5) is 11.3. The van der Waals surface area contributed by atoms with Crippen LogP contribution in [-0.4, -0.2) is 33.9 Å². The highest BCUT2D eigenvalue weighted by molar-refractivity contribution is 6.13. The predicted molar refractivity (Wildman–Crippen MR) is 90.8 cm³/mol. The molecule has 0 amide bonds. The maximum Gasteiger partial charge on any atom is 0.132 e. The summed E-state index contributed by atoms with van der Waals surface area (Å²) in [6, 6.07) is 8.88. The summed E-state index contributed by atoms with van der Waals surface area (Å²) in [6.07, 6.45) is 3.62. The second kappa shape index (κ2) is 6.64. The Morgan fingerprint density at radius 3 is 2.61 bits per heavy atom. The van der Waals surface area contributed by atoms with Crippen LogP contribution >= 0.6 is 0 Å². The number of hydrogen-bond donors (Lipinski definition) is 2. The molecule has 0 unspecified atom stereocenters. The summed E-state index contributed by atoms with van der Waals surface area (Å²) < 4.78 is 0. The highest BCUT2D eigenvalue weighted by Gasteiger charge is 2.18. The Morgan fingerprint density at radius 1 is 1.17 bits per heavy atom. The molecule has 2 aromatic rings. The summed E-state index contributed by atoms with van der Waals surface area (Å²) in [6.45, 7) is 3.86. The first-order valence-corrected chi connectivity index (χ1v) is 7.86. The van der Waals surface area contributed by atoms with Crippen molar-refractivity contribution in [1.82, 2.24) is 9.97 Å². The molecule has 1 aliphatic rings. The average molecular weight is 311 g/mol. The Balaban J connectivity index is 2.01. The van der Waals surface area contributed by atoms with Crippen LogP contribution in [0, 0.1) is 6.92 Å². The van der Waals surface area contributed by atoms with Gasteiger partial charge in [0.25, 0.3) is 0 Å². The largest absolute Gasteiger partial charge is 0.507 e. The van der Waals surface area contributed by atoms with Crippen molar-refractivity contribution in [3.8, 4) is 5.75 Å². The van der Waals surface area contributed by atoms with Gasteiger partial charge in [-0.25, -0.2) is 9.97 Å². The quantitative estimate of drug-likeness (QED) is 0.515. The lowest BCUT2D eigenvalue weighted by Gasteiger charge is -2.28. The second-order valence-electron chi connectivity index (χ2n) is 5.70. The van der Waals surface area contributed by atoms with E-state index in [0.717, 1.165) is 18.9 Å². The zero-order valence-electron chi connectivity index (χ0n) is 13.2. The summed E-state index contributed by atoms with van der Waals surface area (Å²) in [7, 11) is 0. The molecule has 0 radical (unpaired) electrons. The molecule has 2 heterocycles. The lowest BCUT2D eigenvalue weighted by molar-refractivity contribution is 0.474. The van der Waals surface area contributed by atoms with E-state index in [9.17, 15) is 5.11 Å². The van der Waals surface area contributed by atoms with Gasteiger partial charge in [-0.2, -0.15) is 5.10 Å². The Hall–Kier alpha value is -2.63. The van der Waals surface area contributed by atoms with Crippen molar-refractivity contribution < 1.29 is 5.11 Å². The molecule has 0 bridgehead atoms. The van der Waals surface area contributed by atoms with Crippen molar-refractivity contribution in [3.05, 3.63) is 47.4 Å². The molecular weight excluding hydrogens is 290 g/mol. The Morgan fingerprint density at radius 2 is 1.91 bits per heavy atom. The van der Waals surface area contributed by atoms with E-state index in [2.05, 4.69) is 20.0 Å². The zero-order chi connectivity index (χ0) is 16.2. The molecule has 23 heavy (non-hydrogen) atoms. The number of phenols is 1. The van der Waals surface area contributed by atoms with Crippen LogP contribution in [0.1, 0.15) is 36.3 Å². The summed E-state index contributed by atoms with van der Waals surface area (Å²) in [5, 5.41) is 13.9. The summed E-state index contributed by atoms with van der Waals surface area (Å²) in [5.74, 6) is 7.28. The average Bonchev–Trinajstić information content (AvgIpc) is 2.58. The number of nitrogens with two attached hydrogens (primary N) is 1. The van der Waals surface area contributed by atoms with Gasteiger partial charge in [-0.05, 0) is 38.3 Å². The minimum absolute atomic E-state index is 0.132. The Kier molecular flexibility index (Phi) is 4.41. The fourth-order valence-electron chi connectivity index (χ4n) is 2.91. The highest BCUT2D eigenvalue weighted by atomic mass is 16.3. The van der Waals surface area contributed by atoms with Gasteiger partial charge in [-0.3, -0.25) is 0 Å². The van der Waals surface area contributed by atoms with Gasteiger partial charge in [0.1, 0.15) is 23.1 Å². The predicted octanol–water partition coefficient (Wildman–Crippen LogP) is 2.19. The fraction of sp³-hybridized carbons (Fsp3) is 0.353. The highest BCUT2D eigenvalue weighted by Crippen LogP contribution is 2.23. The summed E-state index contributed by atoms with van der Waals surface area (Å²) in [5.41, 5.74) is 1.66. The lowest BCUT2D eigenvalue weighted by Crippen LogP contribution is -2.30. The third-order valence-corrected chi connectivity index (χ3v) is 4.04. The molecular formula is C17H21N5O. The number of aromatic nitrogens is 2. The number of para-hydroxylation sites is 1. The van der Waals surface area contributed by atoms with Crippen LogP contribution in [0.25, 0.3) is 0 Å². The number of rotatable bonds is 3. The molecule has 1 fully saturated rings. The maximum absolute atomic E-state index is 10.1. The number of piperidine rings is 1. The van der Waals surface area contributed by atoms with E-state index < -0.39 is 0 Å². The smallest absolute Gasteiger partial charge is 0.132 e. The van der Waals surface area contributed by atoms with Gasteiger partial charge < -0.3 is 15.8 Å². The number of nitrogens with zero attached hydrogens (tertiary/aromatic N) is 4. The van der Waals surface area contributed by atoms with Gasteiger partial charge in [0.05, 0.1) is 5.69 Å².